The van der Waals surface area contributed by atoms with Crippen LogP contribution in [0.3, 0.4) is 0 Å². The minimum atomic E-state index is -0.196. The van der Waals surface area contributed by atoms with Crippen molar-refractivity contribution in [3.63, 3.8) is 0 Å². The molecule has 0 heterocycles. The summed E-state index contributed by atoms with van der Waals surface area (Å²) in [6.45, 7) is 6.11. The first-order chi connectivity index (χ1) is 10.2. The van der Waals surface area contributed by atoms with Crippen molar-refractivity contribution in [1.29, 1.82) is 0 Å². The Labute approximate surface area is 126 Å². The Morgan fingerprint density at radius 2 is 1.86 bits per heavy atom. The molecule has 0 spiro atoms. The number of nitrogens with one attached hydrogen (secondary N) is 1. The molecule has 2 rings (SSSR count). The Morgan fingerprint density at radius 1 is 1.10 bits per heavy atom. The molecular formula is C18H22FNO. The van der Waals surface area contributed by atoms with Gasteiger partial charge in [-0.3, -0.25) is 0 Å². The molecule has 0 saturated carbocycles. The van der Waals surface area contributed by atoms with Crippen LogP contribution >= 0.6 is 0 Å². The SMILES string of the molecule is CCOCc1ccccc1CNC(C)c1cccc(F)c1. The quantitative estimate of drug-likeness (QED) is 0.823. The Hall–Kier alpha value is -1.71. The van der Waals surface area contributed by atoms with Crippen LogP contribution in [-0.2, 0) is 17.9 Å². The van der Waals surface area contributed by atoms with E-state index in [1.165, 1.54) is 17.2 Å². The van der Waals surface area contributed by atoms with Gasteiger partial charge in [-0.1, -0.05) is 36.4 Å². The predicted molar refractivity (Wildman–Crippen MR) is 83.4 cm³/mol. The molecule has 1 atom stereocenters. The minimum absolute atomic E-state index is 0.0980. The third-order valence-electron chi connectivity index (χ3n) is 3.53. The second kappa shape index (κ2) is 7.91. The topological polar surface area (TPSA) is 21.3 Å². The first-order valence-electron chi connectivity index (χ1n) is 7.34. The Kier molecular flexibility index (Phi) is 5.90. The van der Waals surface area contributed by atoms with Gasteiger partial charge in [0.05, 0.1) is 6.61 Å². The Morgan fingerprint density at radius 3 is 2.57 bits per heavy atom. The molecule has 2 aromatic carbocycles. The summed E-state index contributed by atoms with van der Waals surface area (Å²) in [4.78, 5) is 0. The van der Waals surface area contributed by atoms with E-state index in [9.17, 15) is 4.39 Å². The maximum Gasteiger partial charge on any atom is 0.123 e. The largest absolute Gasteiger partial charge is 0.377 e. The fourth-order valence-corrected chi connectivity index (χ4v) is 2.24. The molecule has 0 aliphatic rings. The molecule has 112 valence electrons. The second-order valence-electron chi connectivity index (χ2n) is 5.06. The van der Waals surface area contributed by atoms with Gasteiger partial charge in [-0.25, -0.2) is 4.39 Å². The van der Waals surface area contributed by atoms with Gasteiger partial charge in [-0.15, -0.1) is 0 Å². The van der Waals surface area contributed by atoms with Crippen LogP contribution in [0.25, 0.3) is 0 Å². The fourth-order valence-electron chi connectivity index (χ4n) is 2.24. The maximum atomic E-state index is 13.2. The zero-order valence-corrected chi connectivity index (χ0v) is 12.6. The lowest BCUT2D eigenvalue weighted by Crippen LogP contribution is -2.19. The molecule has 0 aromatic heterocycles. The van der Waals surface area contributed by atoms with Crippen LogP contribution in [0.4, 0.5) is 4.39 Å². The Balaban J connectivity index is 1.99. The van der Waals surface area contributed by atoms with Crippen LogP contribution in [0.1, 0.15) is 36.6 Å². The summed E-state index contributed by atoms with van der Waals surface area (Å²) in [5, 5.41) is 3.44. The first kappa shape index (κ1) is 15.7. The van der Waals surface area contributed by atoms with Crippen LogP contribution in [0.2, 0.25) is 0 Å². The lowest BCUT2D eigenvalue weighted by Gasteiger charge is -2.16. The van der Waals surface area contributed by atoms with E-state index >= 15 is 0 Å². The summed E-state index contributed by atoms with van der Waals surface area (Å²) in [5.41, 5.74) is 3.37. The van der Waals surface area contributed by atoms with Gasteiger partial charge in [0.2, 0.25) is 0 Å². The number of hydrogen-bond acceptors (Lipinski definition) is 2. The molecule has 1 N–H and O–H groups in total. The van der Waals surface area contributed by atoms with Gasteiger partial charge in [-0.2, -0.15) is 0 Å². The highest BCUT2D eigenvalue weighted by Gasteiger charge is 2.07. The normalized spacial score (nSPS) is 12.3. The van der Waals surface area contributed by atoms with Gasteiger partial charge in [0.1, 0.15) is 5.82 Å². The van der Waals surface area contributed by atoms with Crippen LogP contribution < -0.4 is 5.32 Å². The molecule has 2 nitrogen and oxygen atoms in total. The highest BCUT2D eigenvalue weighted by atomic mass is 19.1. The first-order valence-corrected chi connectivity index (χ1v) is 7.34. The molecule has 2 aromatic rings. The van der Waals surface area contributed by atoms with Crippen LogP contribution in [-0.4, -0.2) is 6.61 Å². The van der Waals surface area contributed by atoms with E-state index in [2.05, 4.69) is 17.4 Å². The molecule has 0 radical (unpaired) electrons. The highest BCUT2D eigenvalue weighted by molar-refractivity contribution is 5.27. The van der Waals surface area contributed by atoms with Gasteiger partial charge < -0.3 is 10.1 Å². The van der Waals surface area contributed by atoms with Crippen molar-refractivity contribution in [1.82, 2.24) is 5.32 Å². The average molecular weight is 287 g/mol. The van der Waals surface area contributed by atoms with Crippen LogP contribution in [0, 0.1) is 5.82 Å². The van der Waals surface area contributed by atoms with Crippen LogP contribution in [0.15, 0.2) is 48.5 Å². The van der Waals surface area contributed by atoms with E-state index < -0.39 is 0 Å². The standard InChI is InChI=1S/C18H22FNO/c1-3-21-13-17-8-5-4-7-16(17)12-20-14(2)15-9-6-10-18(19)11-15/h4-11,14,20H,3,12-13H2,1-2H3. The number of ether oxygens (including phenoxy) is 1. The molecule has 0 amide bonds. The molecule has 3 heteroatoms. The summed E-state index contributed by atoms with van der Waals surface area (Å²) in [6.07, 6.45) is 0. The maximum absolute atomic E-state index is 13.2. The predicted octanol–water partition coefficient (Wildman–Crippen LogP) is 4.21. The number of benzene rings is 2. The molecule has 21 heavy (non-hydrogen) atoms. The summed E-state index contributed by atoms with van der Waals surface area (Å²) in [7, 11) is 0. The summed E-state index contributed by atoms with van der Waals surface area (Å²) in [5.74, 6) is -0.196. The number of hydrogen-bond donors (Lipinski definition) is 1. The van der Waals surface area contributed by atoms with Crippen molar-refractivity contribution in [3.05, 3.63) is 71.0 Å². The van der Waals surface area contributed by atoms with E-state index in [0.29, 0.717) is 13.2 Å². The van der Waals surface area contributed by atoms with Crippen molar-refractivity contribution in [2.45, 2.75) is 33.0 Å². The van der Waals surface area contributed by atoms with E-state index in [1.807, 2.05) is 32.0 Å². The second-order valence-corrected chi connectivity index (χ2v) is 5.06. The van der Waals surface area contributed by atoms with Crippen LogP contribution in [0.5, 0.6) is 0 Å². The lowest BCUT2D eigenvalue weighted by atomic mass is 10.1. The summed E-state index contributed by atoms with van der Waals surface area (Å²) < 4.78 is 18.7. The molecular weight excluding hydrogens is 265 g/mol. The van der Waals surface area contributed by atoms with Gasteiger partial charge in [0.25, 0.3) is 0 Å². The van der Waals surface area contributed by atoms with Crippen molar-refractivity contribution in [2.75, 3.05) is 6.61 Å². The minimum Gasteiger partial charge on any atom is -0.377 e. The van der Waals surface area contributed by atoms with Crippen molar-refractivity contribution < 1.29 is 9.13 Å². The van der Waals surface area contributed by atoms with Crippen molar-refractivity contribution in [3.8, 4) is 0 Å². The number of rotatable bonds is 7. The smallest absolute Gasteiger partial charge is 0.123 e. The molecule has 0 aliphatic heterocycles. The average Bonchev–Trinajstić information content (AvgIpc) is 2.51. The van der Waals surface area contributed by atoms with E-state index in [0.717, 1.165) is 12.1 Å². The third-order valence-corrected chi connectivity index (χ3v) is 3.53. The van der Waals surface area contributed by atoms with Crippen molar-refractivity contribution >= 4 is 0 Å². The summed E-state index contributed by atoms with van der Waals surface area (Å²) in [6, 6.07) is 15.0. The van der Waals surface area contributed by atoms with E-state index in [-0.39, 0.29) is 11.9 Å². The third kappa shape index (κ3) is 4.66. The van der Waals surface area contributed by atoms with Crippen molar-refractivity contribution in [2.24, 2.45) is 0 Å². The zero-order valence-electron chi connectivity index (χ0n) is 12.6. The number of halogens is 1. The van der Waals surface area contributed by atoms with Gasteiger partial charge >= 0.3 is 0 Å². The van der Waals surface area contributed by atoms with Gasteiger partial charge in [-0.05, 0) is 42.7 Å². The molecule has 0 saturated heterocycles. The monoisotopic (exact) mass is 287 g/mol. The zero-order chi connectivity index (χ0) is 15.1. The summed E-state index contributed by atoms with van der Waals surface area (Å²) >= 11 is 0. The van der Waals surface area contributed by atoms with E-state index in [4.69, 9.17) is 4.74 Å². The Bertz CT molecular complexity index is 571. The molecule has 0 bridgehead atoms. The fraction of sp³-hybridized carbons (Fsp3) is 0.333. The molecule has 0 aliphatic carbocycles. The van der Waals surface area contributed by atoms with E-state index in [1.54, 1.807) is 12.1 Å². The molecule has 0 fully saturated rings. The highest BCUT2D eigenvalue weighted by Crippen LogP contribution is 2.16. The van der Waals surface area contributed by atoms with Gasteiger partial charge in [0.15, 0.2) is 0 Å². The van der Waals surface area contributed by atoms with Gasteiger partial charge in [0, 0.05) is 19.2 Å². The lowest BCUT2D eigenvalue weighted by molar-refractivity contribution is 0.133. The molecule has 1 unspecified atom stereocenters.